The molecule has 3 aromatic rings. The lowest BCUT2D eigenvalue weighted by molar-refractivity contribution is -0.385. The summed E-state index contributed by atoms with van der Waals surface area (Å²) >= 11 is 1.29. The lowest BCUT2D eigenvalue weighted by Gasteiger charge is -2.24. The number of benzene rings is 2. The van der Waals surface area contributed by atoms with Crippen LogP contribution in [0.1, 0.15) is 29.5 Å². The molecule has 34 heavy (non-hydrogen) atoms. The fourth-order valence-electron chi connectivity index (χ4n) is 4.29. The summed E-state index contributed by atoms with van der Waals surface area (Å²) in [5, 5.41) is 12.6. The second-order valence-electron chi connectivity index (χ2n) is 8.55. The minimum atomic E-state index is -3.02. The van der Waals surface area contributed by atoms with E-state index in [9.17, 15) is 14.7 Å². The van der Waals surface area contributed by atoms with Crippen LogP contribution in [0, 0.1) is 17.0 Å². The van der Waals surface area contributed by atoms with E-state index in [0.717, 1.165) is 47.9 Å². The Hall–Kier alpha value is -2.69. The maximum atomic E-state index is 13.5. The molecule has 3 heterocycles. The normalized spacial score (nSPS) is 19.7. The molecule has 0 amide bonds. The average Bonchev–Trinajstić information content (AvgIpc) is 3.75. The van der Waals surface area contributed by atoms with E-state index in [2.05, 4.69) is 9.36 Å². The SMILES string of the molecule is Cc1nsc(-c2cccc(Oc3c([N+](=O)[O-])ccc4c3CC[C@@H]4OP(=O)(N3CC3)N3CC3)c2)n1. The van der Waals surface area contributed by atoms with Crippen LogP contribution < -0.4 is 4.74 Å². The Labute approximate surface area is 200 Å². The summed E-state index contributed by atoms with van der Waals surface area (Å²) in [5.41, 5.74) is 2.27. The van der Waals surface area contributed by atoms with E-state index in [0.29, 0.717) is 24.4 Å². The molecule has 176 valence electrons. The molecular weight excluding hydrogens is 477 g/mol. The van der Waals surface area contributed by atoms with Gasteiger partial charge in [-0.3, -0.25) is 19.2 Å². The summed E-state index contributed by atoms with van der Waals surface area (Å²) in [6, 6.07) is 10.5. The van der Waals surface area contributed by atoms with E-state index in [-0.39, 0.29) is 17.5 Å². The van der Waals surface area contributed by atoms with Gasteiger partial charge < -0.3 is 4.74 Å². The van der Waals surface area contributed by atoms with Crippen molar-refractivity contribution in [2.24, 2.45) is 0 Å². The largest absolute Gasteiger partial charge is 0.450 e. The van der Waals surface area contributed by atoms with E-state index in [1.165, 1.54) is 17.6 Å². The van der Waals surface area contributed by atoms with Gasteiger partial charge in [0.15, 0.2) is 0 Å². The number of rotatable bonds is 8. The van der Waals surface area contributed by atoms with Crippen molar-refractivity contribution in [3.8, 4) is 22.1 Å². The number of aromatic nitrogens is 2. The van der Waals surface area contributed by atoms with Crippen molar-refractivity contribution in [3.05, 3.63) is 63.5 Å². The van der Waals surface area contributed by atoms with Crippen molar-refractivity contribution in [3.63, 3.8) is 0 Å². The Morgan fingerprint density at radius 2 is 1.94 bits per heavy atom. The van der Waals surface area contributed by atoms with Crippen molar-refractivity contribution in [1.29, 1.82) is 0 Å². The van der Waals surface area contributed by atoms with Crippen molar-refractivity contribution in [1.82, 2.24) is 18.7 Å². The van der Waals surface area contributed by atoms with Crippen molar-refractivity contribution < 1.29 is 18.7 Å². The molecule has 1 aliphatic carbocycles. The monoisotopic (exact) mass is 499 g/mol. The van der Waals surface area contributed by atoms with Crippen LogP contribution in [-0.2, 0) is 15.5 Å². The first-order valence-electron chi connectivity index (χ1n) is 11.1. The molecule has 0 spiro atoms. The molecular formula is C22H22N5O5PS. The van der Waals surface area contributed by atoms with Crippen LogP contribution >= 0.6 is 19.2 Å². The third-order valence-electron chi connectivity index (χ3n) is 6.13. The molecule has 3 aliphatic rings. The Morgan fingerprint density at radius 3 is 2.59 bits per heavy atom. The minimum absolute atomic E-state index is 0.100. The van der Waals surface area contributed by atoms with E-state index in [4.69, 9.17) is 9.26 Å². The summed E-state index contributed by atoms with van der Waals surface area (Å²) < 4.78 is 33.9. The molecule has 2 aliphatic heterocycles. The highest BCUT2D eigenvalue weighted by Gasteiger charge is 2.51. The van der Waals surface area contributed by atoms with Gasteiger partial charge >= 0.3 is 13.4 Å². The standard InChI is InChI=1S/C22H22N5O5PS/c1-14-23-22(34-24-14)15-3-2-4-16(13-15)31-21-18-6-8-20(17(18)5-7-19(21)27(28)29)32-33(30,25-9-10-25)26-11-12-26/h2-5,7,13,20H,6,8-12H2,1H3/t20-/m0/s1. The van der Waals surface area contributed by atoms with Crippen LogP contribution in [0.25, 0.3) is 10.6 Å². The second-order valence-corrected chi connectivity index (χ2v) is 11.6. The molecule has 10 nitrogen and oxygen atoms in total. The highest BCUT2D eigenvalue weighted by molar-refractivity contribution is 7.54. The van der Waals surface area contributed by atoms with Gasteiger partial charge in [-0.2, -0.15) is 4.37 Å². The van der Waals surface area contributed by atoms with Gasteiger partial charge in [0.25, 0.3) is 0 Å². The van der Waals surface area contributed by atoms with Crippen molar-refractivity contribution >= 4 is 24.9 Å². The zero-order chi connectivity index (χ0) is 23.4. The minimum Gasteiger partial charge on any atom is -0.450 e. The summed E-state index contributed by atoms with van der Waals surface area (Å²) in [7, 11) is -3.02. The van der Waals surface area contributed by atoms with Crippen LogP contribution in [0.3, 0.4) is 0 Å². The number of hydrogen-bond acceptors (Lipinski definition) is 8. The molecule has 0 unspecified atom stereocenters. The van der Waals surface area contributed by atoms with Gasteiger partial charge in [-0.15, -0.1) is 0 Å². The predicted molar refractivity (Wildman–Crippen MR) is 126 cm³/mol. The molecule has 2 aromatic carbocycles. The number of nitro benzene ring substituents is 1. The molecule has 0 bridgehead atoms. The Bertz CT molecular complexity index is 1320. The van der Waals surface area contributed by atoms with Gasteiger partial charge in [0, 0.05) is 43.4 Å². The van der Waals surface area contributed by atoms with Gasteiger partial charge in [0.05, 0.1) is 11.0 Å². The molecule has 0 radical (unpaired) electrons. The molecule has 0 N–H and O–H groups in total. The van der Waals surface area contributed by atoms with Crippen LogP contribution in [-0.4, -0.2) is 49.8 Å². The van der Waals surface area contributed by atoms with Crippen molar-refractivity contribution in [2.75, 3.05) is 26.2 Å². The zero-order valence-electron chi connectivity index (χ0n) is 18.4. The number of aryl methyl sites for hydroxylation is 1. The third kappa shape index (κ3) is 3.93. The molecule has 0 saturated carbocycles. The zero-order valence-corrected chi connectivity index (χ0v) is 20.1. The molecule has 2 fully saturated rings. The van der Waals surface area contributed by atoms with E-state index in [1.54, 1.807) is 18.2 Å². The van der Waals surface area contributed by atoms with Crippen LogP contribution in [0.2, 0.25) is 0 Å². The van der Waals surface area contributed by atoms with Gasteiger partial charge in [0.1, 0.15) is 16.6 Å². The summed E-state index contributed by atoms with van der Waals surface area (Å²) in [4.78, 5) is 15.8. The van der Waals surface area contributed by atoms with Gasteiger partial charge in [0.2, 0.25) is 5.75 Å². The quantitative estimate of drug-likeness (QED) is 0.184. The van der Waals surface area contributed by atoms with Crippen LogP contribution in [0.15, 0.2) is 36.4 Å². The molecule has 1 aromatic heterocycles. The summed E-state index contributed by atoms with van der Waals surface area (Å²) in [6.07, 6.45) is 0.760. The Kier molecular flexibility index (Phi) is 5.27. The van der Waals surface area contributed by atoms with Gasteiger partial charge in [-0.25, -0.2) is 14.3 Å². The van der Waals surface area contributed by atoms with Crippen molar-refractivity contribution in [2.45, 2.75) is 25.9 Å². The fraction of sp³-hybridized carbons (Fsp3) is 0.364. The number of fused-ring (bicyclic) bond motifs is 1. The van der Waals surface area contributed by atoms with Crippen LogP contribution in [0.4, 0.5) is 5.69 Å². The van der Waals surface area contributed by atoms with E-state index in [1.807, 2.05) is 28.4 Å². The molecule has 1 atom stereocenters. The first-order valence-corrected chi connectivity index (χ1v) is 13.4. The van der Waals surface area contributed by atoms with Gasteiger partial charge in [-0.05, 0) is 55.1 Å². The number of nitrogens with zero attached hydrogens (tertiary/aromatic N) is 5. The lowest BCUT2D eigenvalue weighted by Crippen LogP contribution is -2.11. The highest BCUT2D eigenvalue weighted by atomic mass is 32.1. The maximum absolute atomic E-state index is 13.5. The Balaban J connectivity index is 1.33. The number of ether oxygens (including phenoxy) is 1. The topological polar surface area (TPSA) is 110 Å². The summed E-state index contributed by atoms with van der Waals surface area (Å²) in [6.45, 7) is 4.91. The van der Waals surface area contributed by atoms with Gasteiger partial charge in [-0.1, -0.05) is 12.1 Å². The summed E-state index contributed by atoms with van der Waals surface area (Å²) in [5.74, 6) is 1.38. The first kappa shape index (κ1) is 21.8. The second kappa shape index (κ2) is 8.21. The maximum Gasteiger partial charge on any atom is 0.346 e. The predicted octanol–water partition coefficient (Wildman–Crippen LogP) is 4.96. The molecule has 2 saturated heterocycles. The number of nitro groups is 1. The molecule has 6 rings (SSSR count). The van der Waals surface area contributed by atoms with E-state index >= 15 is 0 Å². The average molecular weight is 499 g/mol. The number of hydrogen-bond donors (Lipinski definition) is 0. The fourth-order valence-corrected chi connectivity index (χ4v) is 7.32. The highest BCUT2D eigenvalue weighted by Crippen LogP contribution is 2.64. The molecule has 12 heteroatoms. The van der Waals surface area contributed by atoms with Crippen LogP contribution in [0.5, 0.6) is 11.5 Å². The first-order chi connectivity index (χ1) is 16.4. The lowest BCUT2D eigenvalue weighted by atomic mass is 10.1. The third-order valence-corrected chi connectivity index (χ3v) is 9.75. The smallest absolute Gasteiger partial charge is 0.346 e. The Morgan fingerprint density at radius 1 is 1.18 bits per heavy atom. The van der Waals surface area contributed by atoms with E-state index < -0.39 is 12.6 Å².